The first kappa shape index (κ1) is 32.6. The number of aryl methyl sites for hydroxylation is 2. The molecule has 1 aromatic carbocycles. The van der Waals surface area contributed by atoms with E-state index >= 15 is 0 Å². The fourth-order valence-electron chi connectivity index (χ4n) is 6.97. The van der Waals surface area contributed by atoms with E-state index in [9.17, 15) is 14.0 Å². The monoisotopic (exact) mass is 671 g/mol. The molecule has 14 heteroatoms. The van der Waals surface area contributed by atoms with Crippen molar-refractivity contribution in [3.8, 4) is 11.6 Å². The predicted octanol–water partition coefficient (Wildman–Crippen LogP) is 4.23. The van der Waals surface area contributed by atoms with E-state index in [1.165, 1.54) is 0 Å². The lowest BCUT2D eigenvalue weighted by Gasteiger charge is -2.40. The molecule has 0 bridgehead atoms. The molecule has 3 aliphatic rings. The lowest BCUT2D eigenvalue weighted by Crippen LogP contribution is -2.52. The number of ether oxygens (including phenoxy) is 2. The van der Waals surface area contributed by atoms with E-state index in [0.717, 1.165) is 34.2 Å². The first-order valence-electron chi connectivity index (χ1n) is 16.8. The van der Waals surface area contributed by atoms with Crippen LogP contribution >= 0.6 is 0 Å². The lowest BCUT2D eigenvalue weighted by molar-refractivity contribution is -0.140. The molecule has 0 atom stereocenters. The van der Waals surface area contributed by atoms with E-state index < -0.39 is 6.17 Å². The third-order valence-electron chi connectivity index (χ3n) is 9.88. The Balaban J connectivity index is 1.04. The molecule has 2 amide bonds. The maximum Gasteiger partial charge on any atom is 0.257 e. The van der Waals surface area contributed by atoms with E-state index in [2.05, 4.69) is 25.6 Å². The van der Waals surface area contributed by atoms with Crippen LogP contribution in [0.2, 0.25) is 0 Å². The third-order valence-corrected chi connectivity index (χ3v) is 9.88. The number of carbonyl (C=O) groups is 2. The zero-order valence-electron chi connectivity index (χ0n) is 28.3. The third kappa shape index (κ3) is 6.32. The molecule has 0 spiro atoms. The molecule has 1 aliphatic carbocycles. The van der Waals surface area contributed by atoms with Crippen molar-refractivity contribution in [1.29, 1.82) is 0 Å². The number of amides is 2. The highest BCUT2D eigenvalue weighted by Gasteiger charge is 2.37. The van der Waals surface area contributed by atoms with E-state index in [0.29, 0.717) is 93.7 Å². The standard InChI is InChI=1S/C35H42FN9O4/c1-21-31(22(2)45(41-21)15-16-48-3)39-33(46)27-9-10-44-29(27)8-5-23-20-37-35(40-32(23)44)38-28-7-6-26(19-30(28)49-4)42-11-13-43(14-12-42)34(47)24-17-25(36)18-24/h6-7,9-10,19-20,24-25H,5,8,11-18H2,1-4H3,(H,39,46)(H,37,38,40). The van der Waals surface area contributed by atoms with Crippen LogP contribution in [-0.2, 0) is 28.9 Å². The van der Waals surface area contributed by atoms with Crippen LogP contribution in [0, 0.1) is 19.8 Å². The van der Waals surface area contributed by atoms with Crippen LogP contribution in [0.5, 0.6) is 5.75 Å². The van der Waals surface area contributed by atoms with Gasteiger partial charge in [0.15, 0.2) is 0 Å². The van der Waals surface area contributed by atoms with Crippen molar-refractivity contribution in [2.24, 2.45) is 5.92 Å². The summed E-state index contributed by atoms with van der Waals surface area (Å²) >= 11 is 0. The van der Waals surface area contributed by atoms with Gasteiger partial charge in [-0.05, 0) is 57.7 Å². The second-order valence-electron chi connectivity index (χ2n) is 12.9. The summed E-state index contributed by atoms with van der Waals surface area (Å²) in [6, 6.07) is 7.76. The Morgan fingerprint density at radius 1 is 1.06 bits per heavy atom. The zero-order valence-corrected chi connectivity index (χ0v) is 28.3. The fourth-order valence-corrected chi connectivity index (χ4v) is 6.97. The number of nitrogens with zero attached hydrogens (tertiary/aromatic N) is 7. The van der Waals surface area contributed by atoms with Gasteiger partial charge >= 0.3 is 0 Å². The normalized spacial score (nSPS) is 18.4. The molecule has 0 radical (unpaired) electrons. The number of alkyl halides is 1. The number of methoxy groups -OCH3 is 2. The molecule has 0 unspecified atom stereocenters. The first-order chi connectivity index (χ1) is 23.7. The summed E-state index contributed by atoms with van der Waals surface area (Å²) in [5.41, 5.74) is 6.53. The number of halogens is 1. The number of piperazine rings is 1. The molecule has 13 nitrogen and oxygen atoms in total. The second-order valence-corrected chi connectivity index (χ2v) is 12.9. The Morgan fingerprint density at radius 2 is 1.86 bits per heavy atom. The van der Waals surface area contributed by atoms with Crippen molar-refractivity contribution < 1.29 is 23.5 Å². The number of anilines is 4. The average molecular weight is 672 g/mol. The molecule has 1 saturated heterocycles. The Hall–Kier alpha value is -4.98. The summed E-state index contributed by atoms with van der Waals surface area (Å²) in [6.45, 7) is 7.58. The highest BCUT2D eigenvalue weighted by atomic mass is 19.1. The maximum atomic E-state index is 13.5. The van der Waals surface area contributed by atoms with Crippen LogP contribution < -0.4 is 20.3 Å². The predicted molar refractivity (Wildman–Crippen MR) is 183 cm³/mol. The molecule has 2 N–H and O–H groups in total. The summed E-state index contributed by atoms with van der Waals surface area (Å²) in [7, 11) is 3.27. The van der Waals surface area contributed by atoms with Crippen LogP contribution in [0.4, 0.5) is 27.4 Å². The van der Waals surface area contributed by atoms with Gasteiger partial charge in [-0.1, -0.05) is 0 Å². The van der Waals surface area contributed by atoms with Crippen LogP contribution in [0.3, 0.4) is 0 Å². The SMILES string of the molecule is COCCn1nc(C)c(NC(=O)c2ccn3c2CCc2cnc(Nc4ccc(N5CCN(C(=O)C6CC(F)C6)CC5)cc4OC)nc2-3)c1C. The number of hydrogen-bond acceptors (Lipinski definition) is 9. The van der Waals surface area contributed by atoms with Crippen LogP contribution in [0.25, 0.3) is 5.82 Å². The van der Waals surface area contributed by atoms with Gasteiger partial charge in [0, 0.05) is 74.6 Å². The van der Waals surface area contributed by atoms with Gasteiger partial charge in [-0.15, -0.1) is 0 Å². The van der Waals surface area contributed by atoms with Crippen LogP contribution in [0.1, 0.15) is 45.8 Å². The number of hydrogen-bond donors (Lipinski definition) is 2. The molecule has 258 valence electrons. The van der Waals surface area contributed by atoms with Crippen molar-refractivity contribution >= 4 is 34.8 Å². The Labute approximate surface area is 284 Å². The van der Waals surface area contributed by atoms with Crippen molar-refractivity contribution in [3.05, 3.63) is 64.9 Å². The van der Waals surface area contributed by atoms with Gasteiger partial charge in [-0.25, -0.2) is 9.37 Å². The molecular weight excluding hydrogens is 629 g/mol. The molecule has 7 rings (SSSR count). The number of rotatable bonds is 10. The minimum absolute atomic E-state index is 0.0783. The number of nitrogens with one attached hydrogen (secondary N) is 2. The summed E-state index contributed by atoms with van der Waals surface area (Å²) in [4.78, 5) is 39.7. The van der Waals surface area contributed by atoms with Crippen molar-refractivity contribution in [1.82, 2.24) is 29.2 Å². The molecule has 2 aliphatic heterocycles. The first-order valence-corrected chi connectivity index (χ1v) is 16.8. The molecule has 3 aromatic heterocycles. The summed E-state index contributed by atoms with van der Waals surface area (Å²) in [5.74, 6) is 1.50. The molecule has 5 heterocycles. The largest absolute Gasteiger partial charge is 0.494 e. The summed E-state index contributed by atoms with van der Waals surface area (Å²) < 4.78 is 28.0. The Morgan fingerprint density at radius 3 is 2.59 bits per heavy atom. The van der Waals surface area contributed by atoms with Gasteiger partial charge in [-0.2, -0.15) is 10.1 Å². The number of benzene rings is 1. The van der Waals surface area contributed by atoms with Gasteiger partial charge in [0.25, 0.3) is 5.91 Å². The topological polar surface area (TPSA) is 132 Å². The summed E-state index contributed by atoms with van der Waals surface area (Å²) in [6.07, 6.45) is 4.98. The van der Waals surface area contributed by atoms with E-state index in [-0.39, 0.29) is 17.7 Å². The Bertz CT molecular complexity index is 1870. The highest BCUT2D eigenvalue weighted by Crippen LogP contribution is 2.35. The van der Waals surface area contributed by atoms with Gasteiger partial charge in [0.2, 0.25) is 11.9 Å². The number of carbonyl (C=O) groups excluding carboxylic acids is 2. The Kier molecular flexibility index (Phi) is 8.97. The summed E-state index contributed by atoms with van der Waals surface area (Å²) in [5, 5.41) is 11.0. The lowest BCUT2D eigenvalue weighted by atomic mass is 9.82. The van der Waals surface area contributed by atoms with Crippen LogP contribution in [0.15, 0.2) is 36.7 Å². The van der Waals surface area contributed by atoms with Crippen LogP contribution in [-0.4, -0.2) is 94.2 Å². The zero-order chi connectivity index (χ0) is 34.2. The second kappa shape index (κ2) is 13.5. The van der Waals surface area contributed by atoms with E-state index in [1.807, 2.05) is 64.7 Å². The van der Waals surface area contributed by atoms with Gasteiger partial charge < -0.3 is 34.5 Å². The fraction of sp³-hybridized carbons (Fsp3) is 0.457. The molecule has 1 saturated carbocycles. The highest BCUT2D eigenvalue weighted by molar-refractivity contribution is 6.06. The quantitative estimate of drug-likeness (QED) is 0.254. The molecular formula is C35H42FN9O4. The smallest absolute Gasteiger partial charge is 0.257 e. The molecule has 49 heavy (non-hydrogen) atoms. The number of aromatic nitrogens is 5. The van der Waals surface area contributed by atoms with Gasteiger partial charge in [0.1, 0.15) is 17.7 Å². The van der Waals surface area contributed by atoms with Crippen molar-refractivity contribution in [2.75, 3.05) is 62.5 Å². The average Bonchev–Trinajstić information content (AvgIpc) is 3.66. The van der Waals surface area contributed by atoms with Gasteiger partial charge in [-0.3, -0.25) is 14.3 Å². The molecule has 2 fully saturated rings. The maximum absolute atomic E-state index is 13.5. The minimum Gasteiger partial charge on any atom is -0.494 e. The molecule has 4 aromatic rings. The van der Waals surface area contributed by atoms with Gasteiger partial charge in [0.05, 0.1) is 48.6 Å². The van der Waals surface area contributed by atoms with E-state index in [1.54, 1.807) is 14.2 Å². The minimum atomic E-state index is -0.831. The number of fused-ring (bicyclic) bond motifs is 3. The van der Waals surface area contributed by atoms with Crippen molar-refractivity contribution in [3.63, 3.8) is 0 Å². The van der Waals surface area contributed by atoms with Crippen molar-refractivity contribution in [2.45, 2.75) is 52.2 Å². The van der Waals surface area contributed by atoms with E-state index in [4.69, 9.17) is 14.5 Å².